The molecular formula is C58H111NO5. The van der Waals surface area contributed by atoms with E-state index in [1.54, 1.807) is 0 Å². The number of carbonyl (C=O) groups is 2. The monoisotopic (exact) mass is 902 g/mol. The van der Waals surface area contributed by atoms with Gasteiger partial charge >= 0.3 is 5.97 Å². The highest BCUT2D eigenvalue weighted by Crippen LogP contribution is 2.17. The Morgan fingerprint density at radius 3 is 1.14 bits per heavy atom. The molecule has 0 saturated carbocycles. The molecule has 0 fully saturated rings. The molecule has 0 saturated heterocycles. The van der Waals surface area contributed by atoms with Gasteiger partial charge in [-0.3, -0.25) is 9.59 Å². The van der Waals surface area contributed by atoms with Gasteiger partial charge in [-0.25, -0.2) is 0 Å². The lowest BCUT2D eigenvalue weighted by atomic mass is 10.0. The minimum absolute atomic E-state index is 0.0322. The Hall–Kier alpha value is -1.66. The Morgan fingerprint density at radius 1 is 0.422 bits per heavy atom. The van der Waals surface area contributed by atoms with E-state index >= 15 is 0 Å². The second-order valence-corrected chi connectivity index (χ2v) is 19.6. The predicted molar refractivity (Wildman–Crippen MR) is 278 cm³/mol. The van der Waals surface area contributed by atoms with Crippen molar-refractivity contribution in [1.82, 2.24) is 5.32 Å². The first-order valence-electron chi connectivity index (χ1n) is 28.6. The van der Waals surface area contributed by atoms with Crippen molar-refractivity contribution < 1.29 is 24.5 Å². The third-order valence-corrected chi connectivity index (χ3v) is 13.2. The van der Waals surface area contributed by atoms with Gasteiger partial charge in [-0.15, -0.1) is 0 Å². The summed E-state index contributed by atoms with van der Waals surface area (Å²) < 4.78 is 5.43. The summed E-state index contributed by atoms with van der Waals surface area (Å²) in [6.45, 7) is 4.88. The van der Waals surface area contributed by atoms with Gasteiger partial charge in [0.25, 0.3) is 0 Å². The van der Waals surface area contributed by atoms with Crippen LogP contribution in [-0.4, -0.2) is 47.4 Å². The topological polar surface area (TPSA) is 95.9 Å². The maximum Gasteiger partial charge on any atom is 0.305 e. The van der Waals surface area contributed by atoms with E-state index in [-0.39, 0.29) is 18.5 Å². The molecule has 0 radical (unpaired) electrons. The molecule has 0 rings (SSSR count). The third-order valence-electron chi connectivity index (χ3n) is 13.2. The molecule has 0 aliphatic rings. The number of ether oxygens (including phenoxy) is 1. The number of hydrogen-bond acceptors (Lipinski definition) is 5. The average Bonchev–Trinajstić information content (AvgIpc) is 3.29. The van der Waals surface area contributed by atoms with Crippen LogP contribution in [0, 0.1) is 0 Å². The van der Waals surface area contributed by atoms with Crippen LogP contribution in [0.15, 0.2) is 24.3 Å². The van der Waals surface area contributed by atoms with Crippen LogP contribution in [0.5, 0.6) is 0 Å². The number of hydrogen-bond donors (Lipinski definition) is 3. The summed E-state index contributed by atoms with van der Waals surface area (Å²) >= 11 is 0. The van der Waals surface area contributed by atoms with Crippen LogP contribution in [0.2, 0.25) is 0 Å². The van der Waals surface area contributed by atoms with E-state index < -0.39 is 12.1 Å². The predicted octanol–water partition coefficient (Wildman–Crippen LogP) is 17.5. The molecule has 6 heteroatoms. The summed E-state index contributed by atoms with van der Waals surface area (Å²) in [6.07, 6.45) is 64.5. The second kappa shape index (κ2) is 54.0. The number of aliphatic hydroxyl groups is 2. The van der Waals surface area contributed by atoms with Crippen LogP contribution >= 0.6 is 0 Å². The van der Waals surface area contributed by atoms with Crippen LogP contribution in [0.3, 0.4) is 0 Å². The Morgan fingerprint density at radius 2 is 0.734 bits per heavy atom. The van der Waals surface area contributed by atoms with Gasteiger partial charge < -0.3 is 20.3 Å². The molecular weight excluding hydrogens is 791 g/mol. The molecule has 2 atom stereocenters. The number of allylic oxidation sites excluding steroid dienone is 4. The first-order chi connectivity index (χ1) is 31.5. The smallest absolute Gasteiger partial charge is 0.305 e. The lowest BCUT2D eigenvalue weighted by molar-refractivity contribution is -0.143. The van der Waals surface area contributed by atoms with E-state index in [2.05, 4.69) is 43.5 Å². The zero-order chi connectivity index (χ0) is 46.5. The molecule has 0 aromatic heterocycles. The number of amides is 1. The molecule has 3 N–H and O–H groups in total. The molecule has 378 valence electrons. The summed E-state index contributed by atoms with van der Waals surface area (Å²) in [5, 5.41) is 23.3. The van der Waals surface area contributed by atoms with E-state index in [9.17, 15) is 19.8 Å². The zero-order valence-electron chi connectivity index (χ0n) is 43.0. The fraction of sp³-hybridized carbons (Fsp3) is 0.897. The van der Waals surface area contributed by atoms with Crippen molar-refractivity contribution >= 4 is 11.9 Å². The number of unbranched alkanes of at least 4 members (excludes halogenated alkanes) is 38. The van der Waals surface area contributed by atoms with Crippen molar-refractivity contribution in [2.24, 2.45) is 0 Å². The van der Waals surface area contributed by atoms with Gasteiger partial charge in [-0.1, -0.05) is 237 Å². The SMILES string of the molecule is CCCCC/C=C\CCCCCCCC(=O)OCCCCC/C=C\CCCCCCCC(=O)NC(CO)C(O)CCCCCCCCCCCCCCCCCCCCCCCCC. The first kappa shape index (κ1) is 62.3. The zero-order valence-corrected chi connectivity index (χ0v) is 43.0. The number of aliphatic hydroxyl groups excluding tert-OH is 2. The Labute approximate surface area is 399 Å². The van der Waals surface area contributed by atoms with E-state index in [0.717, 1.165) is 77.0 Å². The van der Waals surface area contributed by atoms with Crippen LogP contribution < -0.4 is 5.32 Å². The van der Waals surface area contributed by atoms with Gasteiger partial charge in [0, 0.05) is 12.8 Å². The molecule has 0 aromatic rings. The largest absolute Gasteiger partial charge is 0.466 e. The van der Waals surface area contributed by atoms with Crippen molar-refractivity contribution in [3.05, 3.63) is 24.3 Å². The fourth-order valence-corrected chi connectivity index (χ4v) is 8.81. The second-order valence-electron chi connectivity index (χ2n) is 19.6. The van der Waals surface area contributed by atoms with E-state index in [1.807, 2.05) is 0 Å². The lowest BCUT2D eigenvalue weighted by Gasteiger charge is -2.22. The van der Waals surface area contributed by atoms with Crippen molar-refractivity contribution in [2.45, 2.75) is 321 Å². The highest BCUT2D eigenvalue weighted by Gasteiger charge is 2.20. The number of nitrogens with one attached hydrogen (secondary N) is 1. The van der Waals surface area contributed by atoms with Crippen molar-refractivity contribution in [3.8, 4) is 0 Å². The van der Waals surface area contributed by atoms with Crippen LogP contribution in [0.1, 0.15) is 309 Å². The van der Waals surface area contributed by atoms with E-state index in [0.29, 0.717) is 25.9 Å². The normalized spacial score (nSPS) is 12.8. The Bertz CT molecular complexity index is 997. The van der Waals surface area contributed by atoms with E-state index in [1.165, 1.54) is 199 Å². The van der Waals surface area contributed by atoms with Gasteiger partial charge in [-0.05, 0) is 83.5 Å². The minimum atomic E-state index is -0.682. The summed E-state index contributed by atoms with van der Waals surface area (Å²) in [4.78, 5) is 24.5. The van der Waals surface area contributed by atoms with Crippen LogP contribution in [0.25, 0.3) is 0 Å². The summed E-state index contributed by atoms with van der Waals surface area (Å²) in [5.74, 6) is -0.0908. The van der Waals surface area contributed by atoms with Gasteiger partial charge in [-0.2, -0.15) is 0 Å². The van der Waals surface area contributed by atoms with Crippen molar-refractivity contribution in [3.63, 3.8) is 0 Å². The number of rotatable bonds is 53. The van der Waals surface area contributed by atoms with Gasteiger partial charge in [0.1, 0.15) is 0 Å². The average molecular weight is 903 g/mol. The minimum Gasteiger partial charge on any atom is -0.466 e. The molecule has 0 aliphatic heterocycles. The van der Waals surface area contributed by atoms with Crippen LogP contribution in [0.4, 0.5) is 0 Å². The molecule has 0 aromatic carbocycles. The standard InChI is InChI=1S/C58H111NO5/c1-3-5-7-9-11-13-15-17-18-19-20-21-22-23-24-25-26-27-30-34-38-42-46-50-56(61)55(54-60)59-57(62)51-47-43-39-35-31-28-29-33-37-41-45-49-53-64-58(63)52-48-44-40-36-32-16-14-12-10-8-6-4-2/h12,14,29,33,55-56,60-61H,3-11,13,15-28,30-32,34-54H2,1-2H3,(H,59,62)/b14-12-,33-29-. The fourth-order valence-electron chi connectivity index (χ4n) is 8.81. The number of carbonyl (C=O) groups excluding carboxylic acids is 2. The van der Waals surface area contributed by atoms with Crippen molar-refractivity contribution in [2.75, 3.05) is 13.2 Å². The Balaban J connectivity index is 3.50. The first-order valence-corrected chi connectivity index (χ1v) is 28.6. The van der Waals surface area contributed by atoms with Gasteiger partial charge in [0.2, 0.25) is 5.91 Å². The summed E-state index contributed by atoms with van der Waals surface area (Å²) in [5.41, 5.74) is 0. The van der Waals surface area contributed by atoms with Crippen molar-refractivity contribution in [1.29, 1.82) is 0 Å². The molecule has 2 unspecified atom stereocenters. The van der Waals surface area contributed by atoms with E-state index in [4.69, 9.17) is 4.74 Å². The molecule has 0 bridgehead atoms. The lowest BCUT2D eigenvalue weighted by Crippen LogP contribution is -2.45. The van der Waals surface area contributed by atoms with Gasteiger partial charge in [0.15, 0.2) is 0 Å². The molecule has 0 heterocycles. The number of esters is 1. The summed E-state index contributed by atoms with van der Waals surface area (Å²) in [7, 11) is 0. The quantitative estimate of drug-likeness (QED) is 0.0321. The molecule has 0 aliphatic carbocycles. The maximum atomic E-state index is 12.5. The highest BCUT2D eigenvalue weighted by atomic mass is 16.5. The van der Waals surface area contributed by atoms with Crippen LogP contribution in [-0.2, 0) is 14.3 Å². The third kappa shape index (κ3) is 49.8. The molecule has 64 heavy (non-hydrogen) atoms. The highest BCUT2D eigenvalue weighted by molar-refractivity contribution is 5.76. The molecule has 0 spiro atoms. The maximum absolute atomic E-state index is 12.5. The summed E-state index contributed by atoms with van der Waals surface area (Å²) in [6, 6.07) is -0.561. The van der Waals surface area contributed by atoms with Gasteiger partial charge in [0.05, 0.1) is 25.4 Å². The molecule has 6 nitrogen and oxygen atoms in total. The molecule has 1 amide bonds. The Kier molecular flexibility index (Phi) is 52.6.